The van der Waals surface area contributed by atoms with E-state index in [4.69, 9.17) is 4.74 Å². The molecule has 1 unspecified atom stereocenters. The van der Waals surface area contributed by atoms with Crippen LogP contribution in [0.1, 0.15) is 76.7 Å². The van der Waals surface area contributed by atoms with E-state index >= 15 is 0 Å². The summed E-state index contributed by atoms with van der Waals surface area (Å²) < 4.78 is 5.10. The summed E-state index contributed by atoms with van der Waals surface area (Å²) in [5.41, 5.74) is 1.44. The number of unbranched alkanes of at least 4 members (excludes halogenated alkanes) is 2. The first-order valence-electron chi connectivity index (χ1n) is 11.3. The van der Waals surface area contributed by atoms with Crippen molar-refractivity contribution in [2.45, 2.75) is 77.6 Å². The van der Waals surface area contributed by atoms with Crippen LogP contribution in [0.5, 0.6) is 0 Å². The van der Waals surface area contributed by atoms with Crippen LogP contribution in [-0.4, -0.2) is 12.6 Å². The van der Waals surface area contributed by atoms with Crippen LogP contribution >= 0.6 is 0 Å². The van der Waals surface area contributed by atoms with Crippen LogP contribution in [0.15, 0.2) is 54.6 Å². The maximum absolute atomic E-state index is 11.5. The number of rotatable bonds is 13. The van der Waals surface area contributed by atoms with Crippen molar-refractivity contribution in [3.05, 3.63) is 60.2 Å². The predicted molar refractivity (Wildman–Crippen MR) is 118 cm³/mol. The van der Waals surface area contributed by atoms with Crippen LogP contribution in [0.4, 0.5) is 0 Å². The van der Waals surface area contributed by atoms with E-state index in [2.05, 4.69) is 54.6 Å². The SMILES string of the molecule is CCCOC(=O)CCC/C=C\C[C@H]1CCCC1/C=C/CCCc1ccccc1. The maximum Gasteiger partial charge on any atom is 0.305 e. The Kier molecular flexibility index (Phi) is 11.4. The summed E-state index contributed by atoms with van der Waals surface area (Å²) in [6, 6.07) is 10.8. The van der Waals surface area contributed by atoms with Crippen LogP contribution in [0.3, 0.4) is 0 Å². The van der Waals surface area contributed by atoms with Crippen LogP contribution < -0.4 is 0 Å². The number of hydrogen-bond acceptors (Lipinski definition) is 2. The Balaban J connectivity index is 1.57. The van der Waals surface area contributed by atoms with Gasteiger partial charge in [-0.15, -0.1) is 0 Å². The molecule has 0 heterocycles. The minimum absolute atomic E-state index is 0.0523. The average Bonchev–Trinajstić information content (AvgIpc) is 3.16. The topological polar surface area (TPSA) is 26.3 Å². The number of carbonyl (C=O) groups is 1. The zero-order valence-corrected chi connectivity index (χ0v) is 17.7. The van der Waals surface area contributed by atoms with Crippen molar-refractivity contribution in [2.24, 2.45) is 11.8 Å². The first-order valence-corrected chi connectivity index (χ1v) is 11.3. The van der Waals surface area contributed by atoms with E-state index in [-0.39, 0.29) is 5.97 Å². The molecule has 0 amide bonds. The van der Waals surface area contributed by atoms with Crippen molar-refractivity contribution in [3.8, 4) is 0 Å². The van der Waals surface area contributed by atoms with Crippen LogP contribution in [-0.2, 0) is 16.0 Å². The molecule has 1 aliphatic carbocycles. The summed E-state index contributed by atoms with van der Waals surface area (Å²) in [5.74, 6) is 1.50. The quantitative estimate of drug-likeness (QED) is 0.207. The monoisotopic (exact) mass is 382 g/mol. The molecule has 0 bridgehead atoms. The first kappa shape index (κ1) is 22.5. The van der Waals surface area contributed by atoms with Crippen molar-refractivity contribution in [1.29, 1.82) is 0 Å². The molecule has 2 rings (SSSR count). The molecule has 28 heavy (non-hydrogen) atoms. The maximum atomic E-state index is 11.5. The van der Waals surface area contributed by atoms with E-state index in [0.717, 1.165) is 31.1 Å². The standard InChI is InChI=1S/C26H38O2/c1-2-22-28-26(27)21-12-4-3-10-17-24-19-13-20-25(24)18-11-6-9-16-23-14-7-5-8-15-23/h3,5,7-8,10-11,14-15,18,24-25H,2,4,6,9,12-13,16-17,19-22H2,1H3/b10-3-,18-11+/t24-,25?/m0/s1. The number of hydrogen-bond donors (Lipinski definition) is 0. The largest absolute Gasteiger partial charge is 0.466 e. The highest BCUT2D eigenvalue weighted by molar-refractivity contribution is 5.69. The van der Waals surface area contributed by atoms with E-state index in [1.165, 1.54) is 50.5 Å². The molecule has 1 saturated carbocycles. The molecular formula is C26H38O2. The van der Waals surface area contributed by atoms with Gasteiger partial charge in [0.1, 0.15) is 0 Å². The van der Waals surface area contributed by atoms with Crippen molar-refractivity contribution < 1.29 is 9.53 Å². The molecule has 2 nitrogen and oxygen atoms in total. The molecule has 0 N–H and O–H groups in total. The van der Waals surface area contributed by atoms with E-state index < -0.39 is 0 Å². The summed E-state index contributed by atoms with van der Waals surface area (Å²) in [5, 5.41) is 0. The summed E-state index contributed by atoms with van der Waals surface area (Å²) >= 11 is 0. The molecule has 1 fully saturated rings. The lowest BCUT2D eigenvalue weighted by Gasteiger charge is -2.14. The molecule has 0 saturated heterocycles. The van der Waals surface area contributed by atoms with E-state index in [1.807, 2.05) is 6.92 Å². The second-order valence-corrected chi connectivity index (χ2v) is 7.98. The first-order chi connectivity index (χ1) is 13.8. The highest BCUT2D eigenvalue weighted by Gasteiger charge is 2.23. The predicted octanol–water partition coefficient (Wildman–Crippen LogP) is 7.05. The zero-order chi connectivity index (χ0) is 19.9. The summed E-state index contributed by atoms with van der Waals surface area (Å²) in [6.07, 6.45) is 21.6. The summed E-state index contributed by atoms with van der Waals surface area (Å²) in [4.78, 5) is 11.5. The van der Waals surface area contributed by atoms with Gasteiger partial charge < -0.3 is 4.74 Å². The van der Waals surface area contributed by atoms with Crippen LogP contribution in [0.2, 0.25) is 0 Å². The van der Waals surface area contributed by atoms with Gasteiger partial charge in [0, 0.05) is 6.42 Å². The van der Waals surface area contributed by atoms with Gasteiger partial charge in [-0.1, -0.05) is 68.0 Å². The summed E-state index contributed by atoms with van der Waals surface area (Å²) in [7, 11) is 0. The molecule has 0 radical (unpaired) electrons. The fourth-order valence-electron chi connectivity index (χ4n) is 3.99. The van der Waals surface area contributed by atoms with E-state index in [1.54, 1.807) is 0 Å². The number of aryl methyl sites for hydroxylation is 1. The third-order valence-electron chi connectivity index (χ3n) is 5.60. The second-order valence-electron chi connectivity index (χ2n) is 7.98. The molecule has 1 aliphatic rings. The van der Waals surface area contributed by atoms with Crippen molar-refractivity contribution >= 4 is 5.97 Å². The van der Waals surface area contributed by atoms with Crippen molar-refractivity contribution in [2.75, 3.05) is 6.61 Å². The molecule has 0 spiro atoms. The minimum atomic E-state index is -0.0523. The smallest absolute Gasteiger partial charge is 0.305 e. The molecular weight excluding hydrogens is 344 g/mol. The van der Waals surface area contributed by atoms with Crippen molar-refractivity contribution in [1.82, 2.24) is 0 Å². The lowest BCUT2D eigenvalue weighted by molar-refractivity contribution is -0.143. The van der Waals surface area contributed by atoms with E-state index in [9.17, 15) is 4.79 Å². The summed E-state index contributed by atoms with van der Waals surface area (Å²) in [6.45, 7) is 2.57. The molecule has 154 valence electrons. The molecule has 2 atom stereocenters. The van der Waals surface area contributed by atoms with E-state index in [0.29, 0.717) is 13.0 Å². The van der Waals surface area contributed by atoms with Gasteiger partial charge in [-0.25, -0.2) is 0 Å². The fourth-order valence-corrected chi connectivity index (χ4v) is 3.99. The molecule has 1 aromatic carbocycles. The molecule has 0 aromatic heterocycles. The second kappa shape index (κ2) is 14.2. The van der Waals surface area contributed by atoms with Crippen molar-refractivity contribution in [3.63, 3.8) is 0 Å². The van der Waals surface area contributed by atoms with Crippen LogP contribution in [0, 0.1) is 11.8 Å². The Morgan fingerprint density at radius 1 is 1.07 bits per heavy atom. The lowest BCUT2D eigenvalue weighted by atomic mass is 9.92. The number of ether oxygens (including phenoxy) is 1. The van der Waals surface area contributed by atoms with Gasteiger partial charge >= 0.3 is 5.97 Å². The number of esters is 1. The number of carbonyl (C=O) groups excluding carboxylic acids is 1. The van der Waals surface area contributed by atoms with Gasteiger partial charge in [-0.2, -0.15) is 0 Å². The third kappa shape index (κ3) is 9.39. The number of allylic oxidation sites excluding steroid dienone is 4. The highest BCUT2D eigenvalue weighted by Crippen LogP contribution is 2.35. The normalized spacial score (nSPS) is 19.6. The van der Waals surface area contributed by atoms with Gasteiger partial charge in [0.05, 0.1) is 6.61 Å². The van der Waals surface area contributed by atoms with Gasteiger partial charge in [-0.05, 0) is 75.2 Å². The van der Waals surface area contributed by atoms with Gasteiger partial charge in [-0.3, -0.25) is 4.79 Å². The molecule has 1 aromatic rings. The fraction of sp³-hybridized carbons (Fsp3) is 0.577. The van der Waals surface area contributed by atoms with Gasteiger partial charge in [0.2, 0.25) is 0 Å². The minimum Gasteiger partial charge on any atom is -0.466 e. The Hall–Kier alpha value is -1.83. The average molecular weight is 383 g/mol. The molecule has 2 heteroatoms. The van der Waals surface area contributed by atoms with Gasteiger partial charge in [0.25, 0.3) is 0 Å². The van der Waals surface area contributed by atoms with Gasteiger partial charge in [0.15, 0.2) is 0 Å². The zero-order valence-electron chi connectivity index (χ0n) is 17.7. The lowest BCUT2D eigenvalue weighted by Crippen LogP contribution is -2.04. The Morgan fingerprint density at radius 3 is 2.71 bits per heavy atom. The number of benzene rings is 1. The Morgan fingerprint density at radius 2 is 1.89 bits per heavy atom. The molecule has 0 aliphatic heterocycles. The van der Waals surface area contributed by atoms with Crippen LogP contribution in [0.25, 0.3) is 0 Å². The Labute approximate surface area is 172 Å². The Bertz CT molecular complexity index is 588. The third-order valence-corrected chi connectivity index (χ3v) is 5.60. The highest BCUT2D eigenvalue weighted by atomic mass is 16.5.